The third-order valence-corrected chi connectivity index (χ3v) is 12.3. The summed E-state index contributed by atoms with van der Waals surface area (Å²) in [5.41, 5.74) is 10.3. The molecular formula is C41H57N9O4. The highest BCUT2D eigenvalue weighted by Gasteiger charge is 2.41. The minimum Gasteiger partial charge on any atom is -0.367 e. The number of nitrogens with one attached hydrogen (secondary N) is 3. The highest BCUT2D eigenvalue weighted by Crippen LogP contribution is 2.45. The molecule has 0 spiro atoms. The van der Waals surface area contributed by atoms with Gasteiger partial charge < -0.3 is 14.8 Å². The van der Waals surface area contributed by atoms with Gasteiger partial charge in [-0.05, 0) is 89.6 Å². The van der Waals surface area contributed by atoms with Crippen molar-refractivity contribution in [2.75, 3.05) is 56.2 Å². The van der Waals surface area contributed by atoms with Crippen LogP contribution >= 0.6 is 0 Å². The number of rotatable bonds is 6. The zero-order chi connectivity index (χ0) is 38.3. The SMILES string of the molecule is CC(C)N1CCC(c2cccc3c2N(C)NC3C2CCC(=O)NC2=O)CC1.CC(C)N1CCN(c2cccc3c(C4CCC(=O)NC4=O)nn(C)c23)CC1. The maximum atomic E-state index is 12.4. The Balaban J connectivity index is 0.000000167. The van der Waals surface area contributed by atoms with Crippen LogP contribution in [0, 0.1) is 5.92 Å². The van der Waals surface area contributed by atoms with Crippen molar-refractivity contribution in [2.45, 2.75) is 96.2 Å². The molecule has 0 saturated carbocycles. The molecule has 13 heteroatoms. The van der Waals surface area contributed by atoms with E-state index in [-0.39, 0.29) is 41.5 Å². The lowest BCUT2D eigenvalue weighted by atomic mass is 9.83. The smallest absolute Gasteiger partial charge is 0.235 e. The molecule has 0 radical (unpaired) electrons. The first-order chi connectivity index (χ1) is 25.9. The number of piperidine rings is 3. The van der Waals surface area contributed by atoms with Crippen LogP contribution in [0.3, 0.4) is 0 Å². The van der Waals surface area contributed by atoms with Crippen LogP contribution < -0.4 is 26.0 Å². The summed E-state index contributed by atoms with van der Waals surface area (Å²) in [6.07, 6.45) is 4.25. The number of para-hydroxylation sites is 2. The van der Waals surface area contributed by atoms with Gasteiger partial charge in [-0.15, -0.1) is 0 Å². The van der Waals surface area contributed by atoms with E-state index < -0.39 is 0 Å². The molecule has 2 aromatic carbocycles. The van der Waals surface area contributed by atoms with Crippen LogP contribution in [0.5, 0.6) is 0 Å². The fraction of sp³-hybridized carbons (Fsp3) is 0.585. The summed E-state index contributed by atoms with van der Waals surface area (Å²) < 4.78 is 1.89. The third-order valence-electron chi connectivity index (χ3n) is 12.3. The maximum absolute atomic E-state index is 12.4. The van der Waals surface area contributed by atoms with Crippen LogP contribution in [0.2, 0.25) is 0 Å². The van der Waals surface area contributed by atoms with Crippen molar-refractivity contribution in [1.29, 1.82) is 0 Å². The molecule has 6 heterocycles. The predicted octanol–water partition coefficient (Wildman–Crippen LogP) is 3.95. The number of imide groups is 2. The van der Waals surface area contributed by atoms with Crippen LogP contribution in [0.4, 0.5) is 11.4 Å². The number of nitrogens with zero attached hydrogens (tertiary/aromatic N) is 6. The number of aryl methyl sites for hydroxylation is 1. The summed E-state index contributed by atoms with van der Waals surface area (Å²) in [6, 6.07) is 13.8. The lowest BCUT2D eigenvalue weighted by Crippen LogP contribution is -2.49. The number of benzene rings is 2. The molecular weight excluding hydrogens is 683 g/mol. The molecule has 5 aliphatic rings. The van der Waals surface area contributed by atoms with Crippen molar-refractivity contribution in [3.8, 4) is 0 Å². The van der Waals surface area contributed by atoms with E-state index in [0.29, 0.717) is 43.7 Å². The second-order valence-corrected chi connectivity index (χ2v) is 16.2. The van der Waals surface area contributed by atoms with E-state index in [1.54, 1.807) is 0 Å². The van der Waals surface area contributed by atoms with E-state index in [9.17, 15) is 19.2 Å². The molecule has 4 fully saturated rings. The lowest BCUT2D eigenvalue weighted by Gasteiger charge is -2.38. The largest absolute Gasteiger partial charge is 0.367 e. The Morgan fingerprint density at radius 3 is 1.96 bits per heavy atom. The Labute approximate surface area is 318 Å². The molecule has 3 unspecified atom stereocenters. The number of aromatic nitrogens is 2. The Bertz CT molecular complexity index is 1890. The minimum atomic E-state index is -0.362. The van der Waals surface area contributed by atoms with E-state index >= 15 is 0 Å². The minimum absolute atomic E-state index is 0.0613. The van der Waals surface area contributed by atoms with E-state index in [0.717, 1.165) is 55.9 Å². The summed E-state index contributed by atoms with van der Waals surface area (Å²) in [5.74, 6) is -0.750. The summed E-state index contributed by atoms with van der Waals surface area (Å²) in [6.45, 7) is 15.3. The highest BCUT2D eigenvalue weighted by molar-refractivity contribution is 6.03. The topological polar surface area (TPSA) is 135 Å². The standard InChI is InChI=1S/C21H30N4O2.C20H27N5O2/c1-13(2)25-11-9-14(10-12-25)15-5-4-6-16-19(23-24(3)20(15)16)17-7-8-18(26)22-21(17)27;1-13(2)24-9-11-25(12-10-24)16-6-4-5-14-18(22-23(3)19(14)16)15-7-8-17(26)21-20(15)27/h4-6,13-14,17,19,23H,7-12H2,1-3H3,(H,22,26,27);4-6,13,15H,7-12H2,1-3H3,(H,21,26,27). The van der Waals surface area contributed by atoms with Crippen LogP contribution in [0.1, 0.15) is 101 Å². The molecule has 54 heavy (non-hydrogen) atoms. The first-order valence-electron chi connectivity index (χ1n) is 19.9. The molecule has 4 saturated heterocycles. The van der Waals surface area contributed by atoms with Gasteiger partial charge in [0.05, 0.1) is 40.5 Å². The number of hydrogen-bond donors (Lipinski definition) is 3. The fourth-order valence-electron chi connectivity index (χ4n) is 9.24. The van der Waals surface area contributed by atoms with Gasteiger partial charge in [0.25, 0.3) is 0 Å². The van der Waals surface area contributed by atoms with Gasteiger partial charge in [-0.2, -0.15) is 5.10 Å². The van der Waals surface area contributed by atoms with Crippen molar-refractivity contribution in [2.24, 2.45) is 13.0 Å². The Hall–Kier alpha value is -4.33. The summed E-state index contributed by atoms with van der Waals surface area (Å²) >= 11 is 0. The Morgan fingerprint density at radius 1 is 0.704 bits per heavy atom. The van der Waals surface area contributed by atoms with E-state index in [2.05, 4.69) is 87.7 Å². The number of anilines is 2. The van der Waals surface area contributed by atoms with Crippen molar-refractivity contribution in [3.05, 3.63) is 53.2 Å². The molecule has 3 N–H and O–H groups in total. The van der Waals surface area contributed by atoms with Gasteiger partial charge in [-0.3, -0.25) is 39.4 Å². The molecule has 3 atom stereocenters. The van der Waals surface area contributed by atoms with Crippen molar-refractivity contribution in [1.82, 2.24) is 35.6 Å². The first kappa shape index (κ1) is 38.0. The highest BCUT2D eigenvalue weighted by atomic mass is 16.2. The number of carbonyl (C=O) groups is 4. The number of piperazine rings is 1. The summed E-state index contributed by atoms with van der Waals surface area (Å²) in [7, 11) is 3.98. The van der Waals surface area contributed by atoms with Crippen LogP contribution in [0.25, 0.3) is 10.9 Å². The van der Waals surface area contributed by atoms with Gasteiger partial charge in [0, 0.05) is 70.6 Å². The Kier molecular flexibility index (Phi) is 11.1. The van der Waals surface area contributed by atoms with Gasteiger partial charge in [0.15, 0.2) is 0 Å². The van der Waals surface area contributed by atoms with E-state index in [1.807, 2.05) is 30.9 Å². The molecule has 0 bridgehead atoms. The lowest BCUT2D eigenvalue weighted by molar-refractivity contribution is -0.137. The summed E-state index contributed by atoms with van der Waals surface area (Å²) in [4.78, 5) is 55.2. The van der Waals surface area contributed by atoms with Gasteiger partial charge >= 0.3 is 0 Å². The maximum Gasteiger partial charge on any atom is 0.235 e. The second-order valence-electron chi connectivity index (χ2n) is 16.2. The number of carbonyl (C=O) groups excluding carboxylic acids is 4. The van der Waals surface area contributed by atoms with Crippen molar-refractivity contribution >= 4 is 45.9 Å². The zero-order valence-corrected chi connectivity index (χ0v) is 32.7. The average Bonchev–Trinajstić information content (AvgIpc) is 3.68. The third kappa shape index (κ3) is 7.50. The van der Waals surface area contributed by atoms with E-state index in [1.165, 1.54) is 35.3 Å². The quantitative estimate of drug-likeness (QED) is 0.319. The molecule has 0 aliphatic carbocycles. The number of hydrazine groups is 1. The number of hydrogen-bond acceptors (Lipinski definition) is 10. The molecule has 290 valence electrons. The second kappa shape index (κ2) is 15.8. The molecule has 4 amide bonds. The normalized spacial score (nSPS) is 24.6. The van der Waals surface area contributed by atoms with Gasteiger partial charge in [-0.25, -0.2) is 5.43 Å². The molecule has 1 aromatic heterocycles. The van der Waals surface area contributed by atoms with Gasteiger partial charge in [-0.1, -0.05) is 30.3 Å². The predicted molar refractivity (Wildman–Crippen MR) is 210 cm³/mol. The monoisotopic (exact) mass is 739 g/mol. The Morgan fingerprint density at radius 2 is 1.31 bits per heavy atom. The first-order valence-corrected chi connectivity index (χ1v) is 19.9. The van der Waals surface area contributed by atoms with Gasteiger partial charge in [0.2, 0.25) is 23.6 Å². The number of fused-ring (bicyclic) bond motifs is 2. The zero-order valence-electron chi connectivity index (χ0n) is 32.7. The fourth-order valence-corrected chi connectivity index (χ4v) is 9.24. The average molecular weight is 740 g/mol. The summed E-state index contributed by atoms with van der Waals surface area (Å²) in [5, 5.41) is 12.8. The van der Waals surface area contributed by atoms with Crippen LogP contribution in [-0.2, 0) is 26.2 Å². The van der Waals surface area contributed by atoms with Gasteiger partial charge in [0.1, 0.15) is 0 Å². The van der Waals surface area contributed by atoms with Crippen LogP contribution in [-0.4, -0.2) is 102 Å². The molecule has 13 nitrogen and oxygen atoms in total. The van der Waals surface area contributed by atoms with Crippen molar-refractivity contribution < 1.29 is 19.2 Å². The number of likely N-dealkylation sites (tertiary alicyclic amines) is 1. The van der Waals surface area contributed by atoms with E-state index in [4.69, 9.17) is 5.10 Å². The number of amides is 4. The molecule has 5 aliphatic heterocycles. The van der Waals surface area contributed by atoms with Crippen LogP contribution in [0.15, 0.2) is 36.4 Å². The molecule has 3 aromatic rings. The molecule has 8 rings (SSSR count). The van der Waals surface area contributed by atoms with Crippen molar-refractivity contribution in [3.63, 3.8) is 0 Å².